The summed E-state index contributed by atoms with van der Waals surface area (Å²) in [6.07, 6.45) is 9.82. The number of fused-ring (bicyclic) bond motifs is 2. The van der Waals surface area contributed by atoms with E-state index in [-0.39, 0.29) is 29.7 Å². The fourth-order valence-electron chi connectivity index (χ4n) is 6.96. The van der Waals surface area contributed by atoms with Gasteiger partial charge in [-0.2, -0.15) is 0 Å². The maximum atomic E-state index is 13.1. The van der Waals surface area contributed by atoms with Crippen LogP contribution in [0.15, 0.2) is 24.3 Å². The summed E-state index contributed by atoms with van der Waals surface area (Å²) >= 11 is 0. The number of carbonyl (C=O) groups is 1. The first-order valence-electron chi connectivity index (χ1n) is 11.7. The van der Waals surface area contributed by atoms with Gasteiger partial charge in [-0.1, -0.05) is 31.2 Å². The molecule has 3 unspecified atom stereocenters. The van der Waals surface area contributed by atoms with Crippen molar-refractivity contribution in [1.29, 1.82) is 0 Å². The van der Waals surface area contributed by atoms with E-state index in [1.165, 1.54) is 45.1 Å². The molecule has 5 fully saturated rings. The zero-order valence-electron chi connectivity index (χ0n) is 17.5. The molecule has 7 rings (SSSR count). The second kappa shape index (κ2) is 7.27. The largest absolute Gasteiger partial charge is 0.465 e. The lowest BCUT2D eigenvalue weighted by Gasteiger charge is -2.65. The normalized spacial score (nSPS) is 37.6. The number of piperidine rings is 2. The van der Waals surface area contributed by atoms with Crippen molar-refractivity contribution in [2.45, 2.75) is 75.8 Å². The van der Waals surface area contributed by atoms with Crippen LogP contribution in [0.2, 0.25) is 0 Å². The molecule has 0 N–H and O–H groups in total. The van der Waals surface area contributed by atoms with Gasteiger partial charge < -0.3 is 4.74 Å². The predicted octanol–water partition coefficient (Wildman–Crippen LogP) is 4.75. The highest BCUT2D eigenvalue weighted by Gasteiger charge is 2.62. The Hall–Kier alpha value is -1.06. The van der Waals surface area contributed by atoms with Crippen molar-refractivity contribution in [2.75, 3.05) is 13.2 Å². The molecule has 4 aliphatic carbocycles. The average Bonchev–Trinajstić information content (AvgIpc) is 3.63. The summed E-state index contributed by atoms with van der Waals surface area (Å²) in [5, 5.41) is 0. The van der Waals surface area contributed by atoms with Gasteiger partial charge in [-0.05, 0) is 80.2 Å². The number of rotatable bonds is 6. The van der Waals surface area contributed by atoms with E-state index < -0.39 is 0 Å². The number of hydrogen-bond acceptors (Lipinski definition) is 3. The van der Waals surface area contributed by atoms with Gasteiger partial charge in [-0.3, -0.25) is 9.69 Å². The highest BCUT2D eigenvalue weighted by Crippen LogP contribution is 2.60. The fraction of sp³-hybridized carbons (Fsp3) is 0.720. The molecular weight excluding hydrogens is 382 g/mol. The van der Waals surface area contributed by atoms with Crippen LogP contribution in [0.1, 0.15) is 63.0 Å². The van der Waals surface area contributed by atoms with Crippen molar-refractivity contribution < 1.29 is 9.53 Å². The lowest BCUT2D eigenvalue weighted by Crippen LogP contribution is -2.70. The van der Waals surface area contributed by atoms with Crippen LogP contribution < -0.4 is 0 Å². The van der Waals surface area contributed by atoms with Crippen molar-refractivity contribution in [3.63, 3.8) is 0 Å². The summed E-state index contributed by atoms with van der Waals surface area (Å²) in [7, 11) is 0. The first-order valence-corrected chi connectivity index (χ1v) is 11.7. The van der Waals surface area contributed by atoms with Gasteiger partial charge in [-0.25, -0.2) is 0 Å². The predicted molar refractivity (Wildman–Crippen MR) is 116 cm³/mol. The number of esters is 1. The average molecular weight is 416 g/mol. The van der Waals surface area contributed by atoms with Crippen LogP contribution in [-0.4, -0.2) is 36.1 Å². The molecule has 0 aromatic heterocycles. The first-order chi connectivity index (χ1) is 13.7. The zero-order chi connectivity index (χ0) is 18.9. The van der Waals surface area contributed by atoms with Gasteiger partial charge in [0, 0.05) is 24.0 Å². The van der Waals surface area contributed by atoms with Crippen molar-refractivity contribution in [1.82, 2.24) is 4.90 Å². The fourth-order valence-corrected chi connectivity index (χ4v) is 6.96. The molecule has 2 saturated heterocycles. The molecule has 1 aromatic rings. The Morgan fingerprint density at radius 3 is 2.62 bits per heavy atom. The van der Waals surface area contributed by atoms with Gasteiger partial charge in [0.1, 0.15) is 0 Å². The van der Waals surface area contributed by atoms with Crippen molar-refractivity contribution in [2.24, 2.45) is 23.7 Å². The van der Waals surface area contributed by atoms with E-state index in [1.807, 2.05) is 0 Å². The molecular formula is C25H34ClNO2. The Morgan fingerprint density at radius 2 is 1.90 bits per heavy atom. The second-order valence-corrected chi connectivity index (χ2v) is 10.4. The van der Waals surface area contributed by atoms with Crippen LogP contribution in [0.3, 0.4) is 0 Å². The highest BCUT2D eigenvalue weighted by atomic mass is 35.5. The van der Waals surface area contributed by atoms with Crippen molar-refractivity contribution >= 4 is 18.4 Å². The SMILES string of the molecule is CC[C@@]12CC3[C@@H](C(=O)OCC4CC4)CC1C(Cc1ccccc12)N3CC1CC1.Cl. The standard InChI is InChI=1S/C25H33NO2.ClH/c1-2-25-13-23-19(24(27)28-15-17-9-10-17)12-21(25)22(26(23)14-16-7-8-16)11-18-5-3-4-6-20(18)25;/h3-6,16-17,19,21-23H,2,7-15H2,1H3;1H/t19-,21?,22?,23?,25-;/m0./s1. The van der Waals surface area contributed by atoms with E-state index in [9.17, 15) is 4.79 Å². The summed E-state index contributed by atoms with van der Waals surface area (Å²) in [5.74, 6) is 2.34. The third-order valence-corrected chi connectivity index (χ3v) is 8.81. The molecule has 0 radical (unpaired) electrons. The Kier molecular flexibility index (Phi) is 4.98. The molecule has 0 amide bonds. The van der Waals surface area contributed by atoms with Crippen LogP contribution in [0, 0.1) is 23.7 Å². The van der Waals surface area contributed by atoms with E-state index in [0.717, 1.165) is 18.8 Å². The van der Waals surface area contributed by atoms with Gasteiger partial charge in [0.25, 0.3) is 0 Å². The van der Waals surface area contributed by atoms with Crippen LogP contribution in [-0.2, 0) is 21.4 Å². The lowest BCUT2D eigenvalue weighted by molar-refractivity contribution is -0.168. The lowest BCUT2D eigenvalue weighted by atomic mass is 9.48. The summed E-state index contributed by atoms with van der Waals surface area (Å²) in [4.78, 5) is 15.9. The first kappa shape index (κ1) is 19.9. The van der Waals surface area contributed by atoms with E-state index in [4.69, 9.17) is 4.74 Å². The van der Waals surface area contributed by atoms with Gasteiger partial charge in [-0.15, -0.1) is 12.4 Å². The quantitative estimate of drug-likeness (QED) is 0.627. The molecule has 5 atom stereocenters. The Bertz CT molecular complexity index is 789. The third-order valence-electron chi connectivity index (χ3n) is 8.81. The third kappa shape index (κ3) is 3.15. The smallest absolute Gasteiger partial charge is 0.310 e. The maximum Gasteiger partial charge on any atom is 0.310 e. The molecule has 0 spiro atoms. The van der Waals surface area contributed by atoms with Gasteiger partial charge in [0.2, 0.25) is 0 Å². The van der Waals surface area contributed by atoms with Crippen LogP contribution in [0.4, 0.5) is 0 Å². The number of carbonyl (C=O) groups excluding carboxylic acids is 1. The highest BCUT2D eigenvalue weighted by molar-refractivity contribution is 5.85. The van der Waals surface area contributed by atoms with E-state index in [0.29, 0.717) is 30.5 Å². The molecule has 158 valence electrons. The molecule has 4 heteroatoms. The molecule has 29 heavy (non-hydrogen) atoms. The maximum absolute atomic E-state index is 13.1. The number of nitrogens with zero attached hydrogens (tertiary/aromatic N) is 1. The van der Waals surface area contributed by atoms with E-state index >= 15 is 0 Å². The monoisotopic (exact) mass is 415 g/mol. The molecule has 2 heterocycles. The molecule has 2 aliphatic heterocycles. The van der Waals surface area contributed by atoms with Crippen molar-refractivity contribution in [3.8, 4) is 0 Å². The molecule has 4 bridgehead atoms. The van der Waals surface area contributed by atoms with Gasteiger partial charge >= 0.3 is 5.97 Å². The van der Waals surface area contributed by atoms with Crippen molar-refractivity contribution in [3.05, 3.63) is 35.4 Å². The minimum Gasteiger partial charge on any atom is -0.465 e. The Balaban J connectivity index is 0.00000181. The van der Waals surface area contributed by atoms with E-state index in [1.54, 1.807) is 11.1 Å². The minimum atomic E-state index is 0. The second-order valence-electron chi connectivity index (χ2n) is 10.4. The summed E-state index contributed by atoms with van der Waals surface area (Å²) < 4.78 is 5.82. The summed E-state index contributed by atoms with van der Waals surface area (Å²) in [6, 6.07) is 10.2. The summed E-state index contributed by atoms with van der Waals surface area (Å²) in [6.45, 7) is 4.26. The topological polar surface area (TPSA) is 29.5 Å². The summed E-state index contributed by atoms with van der Waals surface area (Å²) in [5.41, 5.74) is 3.44. The molecule has 6 aliphatic rings. The van der Waals surface area contributed by atoms with Crippen LogP contribution in [0.25, 0.3) is 0 Å². The number of hydrogen-bond donors (Lipinski definition) is 0. The number of ether oxygens (including phenoxy) is 1. The van der Waals surface area contributed by atoms with E-state index in [2.05, 4.69) is 36.1 Å². The number of halogens is 1. The number of benzene rings is 1. The Morgan fingerprint density at radius 1 is 1.14 bits per heavy atom. The molecule has 1 aromatic carbocycles. The minimum absolute atomic E-state index is 0. The van der Waals surface area contributed by atoms with Gasteiger partial charge in [0.15, 0.2) is 0 Å². The zero-order valence-corrected chi connectivity index (χ0v) is 18.3. The molecule has 3 saturated carbocycles. The Labute approximate surface area is 181 Å². The van der Waals surface area contributed by atoms with Crippen LogP contribution >= 0.6 is 12.4 Å². The van der Waals surface area contributed by atoms with Crippen LogP contribution in [0.5, 0.6) is 0 Å². The van der Waals surface area contributed by atoms with Gasteiger partial charge in [0.05, 0.1) is 12.5 Å². The molecule has 3 nitrogen and oxygen atoms in total.